The summed E-state index contributed by atoms with van der Waals surface area (Å²) in [7, 11) is 0. The van der Waals surface area contributed by atoms with Crippen LogP contribution in [0.1, 0.15) is 16.9 Å². The van der Waals surface area contributed by atoms with Crippen LogP contribution in [0.3, 0.4) is 0 Å². The van der Waals surface area contributed by atoms with E-state index in [4.69, 9.17) is 5.11 Å². The Morgan fingerprint density at radius 3 is 2.80 bits per heavy atom. The number of carboxylic acids is 1. The Labute approximate surface area is 118 Å². The molecule has 2 rings (SSSR count). The summed E-state index contributed by atoms with van der Waals surface area (Å²) in [5.41, 5.74) is -0.311. The van der Waals surface area contributed by atoms with Gasteiger partial charge in [0.2, 0.25) is 5.91 Å². The van der Waals surface area contributed by atoms with Gasteiger partial charge in [0.05, 0.1) is 0 Å². The maximum atomic E-state index is 11.7. The Morgan fingerprint density at radius 2 is 2.15 bits per heavy atom. The molecule has 9 heteroatoms. The predicted molar refractivity (Wildman–Crippen MR) is 71.7 cm³/mol. The van der Waals surface area contributed by atoms with Crippen molar-refractivity contribution in [3.05, 3.63) is 18.1 Å². The molecule has 0 aliphatic carbocycles. The van der Waals surface area contributed by atoms with Crippen molar-refractivity contribution in [2.75, 3.05) is 24.2 Å². The summed E-state index contributed by atoms with van der Waals surface area (Å²) in [4.78, 5) is 43.0. The van der Waals surface area contributed by atoms with Crippen molar-refractivity contribution in [3.8, 4) is 0 Å². The first-order chi connectivity index (χ1) is 9.58. The van der Waals surface area contributed by atoms with Gasteiger partial charge in [0.1, 0.15) is 0 Å². The maximum absolute atomic E-state index is 11.7. The number of carbonyl (C=O) groups is 3. The lowest BCUT2D eigenvalue weighted by Gasteiger charge is -2.13. The molecule has 0 saturated carbocycles. The van der Waals surface area contributed by atoms with E-state index in [-0.39, 0.29) is 23.2 Å². The smallest absolute Gasteiger partial charge is 0.358 e. The fourth-order valence-corrected chi connectivity index (χ4v) is 2.50. The maximum Gasteiger partial charge on any atom is 0.358 e. The summed E-state index contributed by atoms with van der Waals surface area (Å²) in [5, 5.41) is 11.3. The number of aromatic nitrogens is 2. The molecule has 1 fully saturated rings. The van der Waals surface area contributed by atoms with E-state index in [0.717, 1.165) is 5.75 Å². The van der Waals surface area contributed by atoms with Gasteiger partial charge in [-0.2, -0.15) is 0 Å². The monoisotopic (exact) mass is 296 g/mol. The molecule has 2 N–H and O–H groups in total. The molecule has 2 heterocycles. The summed E-state index contributed by atoms with van der Waals surface area (Å²) in [6, 6.07) is 0. The molecule has 1 aliphatic rings. The standard InChI is InChI=1S/C11H12N4O4S/c16-7(1-4-15-5-6-20-11(15)19)14-9-8(10(17)18)12-2-3-13-9/h2-3H,1,4-6H2,(H,17,18)(H,13,14,16). The van der Waals surface area contributed by atoms with Crippen LogP contribution in [-0.4, -0.2) is 55.9 Å². The zero-order valence-corrected chi connectivity index (χ0v) is 11.2. The Hall–Kier alpha value is -2.16. The third-order valence-corrected chi connectivity index (χ3v) is 3.50. The highest BCUT2D eigenvalue weighted by Crippen LogP contribution is 2.17. The lowest BCUT2D eigenvalue weighted by atomic mass is 10.3. The first-order valence-electron chi connectivity index (χ1n) is 5.84. The van der Waals surface area contributed by atoms with Gasteiger partial charge < -0.3 is 15.3 Å². The Balaban J connectivity index is 1.91. The molecule has 2 amide bonds. The highest BCUT2D eigenvalue weighted by Gasteiger charge is 2.22. The van der Waals surface area contributed by atoms with Crippen LogP contribution in [0.15, 0.2) is 12.4 Å². The molecule has 0 radical (unpaired) electrons. The van der Waals surface area contributed by atoms with Gasteiger partial charge in [-0.05, 0) is 0 Å². The van der Waals surface area contributed by atoms with Crippen LogP contribution in [0.25, 0.3) is 0 Å². The summed E-state index contributed by atoms with van der Waals surface area (Å²) < 4.78 is 0. The minimum atomic E-state index is -1.26. The quantitative estimate of drug-likeness (QED) is 0.821. The summed E-state index contributed by atoms with van der Waals surface area (Å²) in [6.07, 6.45) is 2.61. The van der Waals surface area contributed by atoms with Gasteiger partial charge in [-0.1, -0.05) is 11.8 Å². The van der Waals surface area contributed by atoms with E-state index in [1.54, 1.807) is 4.90 Å². The second-order valence-electron chi connectivity index (χ2n) is 3.96. The number of nitrogens with one attached hydrogen (secondary N) is 1. The molecule has 20 heavy (non-hydrogen) atoms. The summed E-state index contributed by atoms with van der Waals surface area (Å²) in [5.74, 6) is -1.03. The minimum Gasteiger partial charge on any atom is -0.476 e. The van der Waals surface area contributed by atoms with Crippen LogP contribution in [0.2, 0.25) is 0 Å². The number of aromatic carboxylic acids is 1. The Bertz CT molecular complexity index is 551. The highest BCUT2D eigenvalue weighted by molar-refractivity contribution is 8.13. The number of amides is 2. The molecule has 1 aromatic rings. The Kier molecular flexibility index (Phi) is 4.51. The average Bonchev–Trinajstić information content (AvgIpc) is 2.82. The lowest BCUT2D eigenvalue weighted by molar-refractivity contribution is -0.116. The van der Waals surface area contributed by atoms with Gasteiger partial charge in [0, 0.05) is 37.7 Å². The molecule has 1 aliphatic heterocycles. The van der Waals surface area contributed by atoms with Gasteiger partial charge >= 0.3 is 5.97 Å². The zero-order valence-electron chi connectivity index (χ0n) is 10.4. The summed E-state index contributed by atoms with van der Waals surface area (Å²) >= 11 is 1.22. The largest absolute Gasteiger partial charge is 0.476 e. The molecule has 0 atom stereocenters. The van der Waals surface area contributed by atoms with Crippen molar-refractivity contribution in [1.29, 1.82) is 0 Å². The molecule has 0 spiro atoms. The molecule has 0 bridgehead atoms. The number of anilines is 1. The van der Waals surface area contributed by atoms with Crippen molar-refractivity contribution in [2.24, 2.45) is 0 Å². The second kappa shape index (κ2) is 6.33. The predicted octanol–water partition coefficient (Wildman–Crippen LogP) is 0.672. The topological polar surface area (TPSA) is 112 Å². The molecular formula is C11H12N4O4S. The van der Waals surface area contributed by atoms with E-state index in [2.05, 4.69) is 15.3 Å². The zero-order chi connectivity index (χ0) is 14.5. The van der Waals surface area contributed by atoms with Crippen molar-refractivity contribution in [3.63, 3.8) is 0 Å². The normalized spacial score (nSPS) is 14.4. The van der Waals surface area contributed by atoms with Crippen molar-refractivity contribution in [1.82, 2.24) is 14.9 Å². The number of nitrogens with zero attached hydrogens (tertiary/aromatic N) is 3. The van der Waals surface area contributed by atoms with Crippen LogP contribution in [-0.2, 0) is 4.79 Å². The van der Waals surface area contributed by atoms with Crippen molar-refractivity contribution < 1.29 is 19.5 Å². The highest BCUT2D eigenvalue weighted by atomic mass is 32.2. The van der Waals surface area contributed by atoms with Crippen LogP contribution in [0.5, 0.6) is 0 Å². The lowest BCUT2D eigenvalue weighted by Crippen LogP contribution is -2.28. The van der Waals surface area contributed by atoms with Gasteiger partial charge in [-0.15, -0.1) is 0 Å². The van der Waals surface area contributed by atoms with Crippen LogP contribution in [0.4, 0.5) is 10.6 Å². The number of hydrogen-bond acceptors (Lipinski definition) is 6. The van der Waals surface area contributed by atoms with Crippen LogP contribution < -0.4 is 5.32 Å². The molecule has 1 saturated heterocycles. The third-order valence-electron chi connectivity index (χ3n) is 2.61. The van der Waals surface area contributed by atoms with Gasteiger partial charge in [-0.25, -0.2) is 14.8 Å². The number of hydrogen-bond donors (Lipinski definition) is 2. The average molecular weight is 296 g/mol. The number of thioether (sulfide) groups is 1. The second-order valence-corrected chi connectivity index (χ2v) is 5.00. The minimum absolute atomic E-state index is 0.0384. The summed E-state index contributed by atoms with van der Waals surface area (Å²) in [6.45, 7) is 0.933. The van der Waals surface area contributed by atoms with Gasteiger partial charge in [-0.3, -0.25) is 9.59 Å². The molecule has 1 aromatic heterocycles. The van der Waals surface area contributed by atoms with E-state index in [9.17, 15) is 14.4 Å². The first kappa shape index (κ1) is 14.3. The molecular weight excluding hydrogens is 284 g/mol. The van der Waals surface area contributed by atoms with E-state index in [0.29, 0.717) is 13.1 Å². The third kappa shape index (κ3) is 3.44. The van der Waals surface area contributed by atoms with Gasteiger partial charge in [0.15, 0.2) is 11.5 Å². The van der Waals surface area contributed by atoms with E-state index < -0.39 is 11.9 Å². The molecule has 106 valence electrons. The number of rotatable bonds is 5. The van der Waals surface area contributed by atoms with Crippen LogP contribution in [0, 0.1) is 0 Å². The fourth-order valence-electron chi connectivity index (χ4n) is 1.65. The van der Waals surface area contributed by atoms with Crippen LogP contribution >= 0.6 is 11.8 Å². The van der Waals surface area contributed by atoms with E-state index in [1.165, 1.54) is 24.2 Å². The SMILES string of the molecule is O=C(CCN1CCSC1=O)Nc1nccnc1C(=O)O. The first-order valence-corrected chi connectivity index (χ1v) is 6.82. The molecule has 8 nitrogen and oxygen atoms in total. The number of carbonyl (C=O) groups excluding carboxylic acids is 2. The Morgan fingerprint density at radius 1 is 1.40 bits per heavy atom. The number of carboxylic acid groups (broad SMARTS) is 1. The van der Waals surface area contributed by atoms with Crippen molar-refractivity contribution >= 4 is 34.7 Å². The van der Waals surface area contributed by atoms with Crippen molar-refractivity contribution in [2.45, 2.75) is 6.42 Å². The van der Waals surface area contributed by atoms with E-state index >= 15 is 0 Å². The molecule has 0 unspecified atom stereocenters. The van der Waals surface area contributed by atoms with Gasteiger partial charge in [0.25, 0.3) is 5.24 Å². The fraction of sp³-hybridized carbons (Fsp3) is 0.364. The van der Waals surface area contributed by atoms with E-state index in [1.807, 2.05) is 0 Å². The molecule has 0 aromatic carbocycles.